The van der Waals surface area contributed by atoms with Gasteiger partial charge in [-0.1, -0.05) is 6.07 Å². The minimum Gasteiger partial charge on any atom is -0.508 e. The summed E-state index contributed by atoms with van der Waals surface area (Å²) in [6, 6.07) is 9.81. The zero-order valence-electron chi connectivity index (χ0n) is 11.4. The topological polar surface area (TPSA) is 50.7 Å². The van der Waals surface area contributed by atoms with E-state index >= 15 is 0 Å². The molecule has 2 N–H and O–H groups in total. The summed E-state index contributed by atoms with van der Waals surface area (Å²) in [4.78, 5) is 0. The smallest absolute Gasteiger partial charge is 0.161 e. The fraction of sp³-hybridized carbons (Fsp3) is 0.250. The van der Waals surface area contributed by atoms with E-state index in [0.717, 1.165) is 23.1 Å². The molecule has 0 aromatic heterocycles. The summed E-state index contributed by atoms with van der Waals surface area (Å²) in [6.45, 7) is 2.23. The van der Waals surface area contributed by atoms with Gasteiger partial charge >= 0.3 is 0 Å². The first-order valence-electron chi connectivity index (χ1n) is 6.78. The largest absolute Gasteiger partial charge is 0.508 e. The minimum absolute atomic E-state index is 0.0638. The maximum atomic E-state index is 13.1. The van der Waals surface area contributed by atoms with Crippen molar-refractivity contribution >= 4 is 0 Å². The van der Waals surface area contributed by atoms with E-state index in [1.54, 1.807) is 6.07 Å². The standard InChI is InChI=1S/C16H16FNO3/c17-13-5-12(6-14(19)8-13)10-18-9-11-1-2-15-16(7-11)21-4-3-20-15/h1-2,5-8,18-19H,3-4,9-10H2. The molecule has 21 heavy (non-hydrogen) atoms. The summed E-state index contributed by atoms with van der Waals surface area (Å²) in [7, 11) is 0. The molecule has 0 unspecified atom stereocenters. The Kier molecular flexibility index (Phi) is 3.92. The molecule has 5 heteroatoms. The molecule has 3 rings (SSSR count). The minimum atomic E-state index is -0.439. The molecule has 0 amide bonds. The predicted octanol–water partition coefficient (Wildman–Crippen LogP) is 2.59. The summed E-state index contributed by atoms with van der Waals surface area (Å²) in [6.07, 6.45) is 0. The summed E-state index contributed by atoms with van der Waals surface area (Å²) >= 11 is 0. The number of benzene rings is 2. The van der Waals surface area contributed by atoms with Crippen molar-refractivity contribution in [2.24, 2.45) is 0 Å². The summed E-state index contributed by atoms with van der Waals surface area (Å²) in [5.41, 5.74) is 1.75. The Hall–Kier alpha value is -2.27. The highest BCUT2D eigenvalue weighted by molar-refractivity contribution is 5.43. The van der Waals surface area contributed by atoms with Crippen LogP contribution in [0.2, 0.25) is 0 Å². The Morgan fingerprint density at radius 2 is 1.71 bits per heavy atom. The van der Waals surface area contributed by atoms with Crippen LogP contribution in [0, 0.1) is 5.82 Å². The molecule has 1 aliphatic heterocycles. The third-order valence-corrected chi connectivity index (χ3v) is 3.21. The van der Waals surface area contributed by atoms with Gasteiger partial charge in [-0.05, 0) is 35.4 Å². The van der Waals surface area contributed by atoms with Crippen molar-refractivity contribution in [3.05, 3.63) is 53.3 Å². The van der Waals surface area contributed by atoms with E-state index in [2.05, 4.69) is 5.32 Å². The van der Waals surface area contributed by atoms with E-state index in [0.29, 0.717) is 31.9 Å². The fourth-order valence-electron chi connectivity index (χ4n) is 2.28. The first-order valence-corrected chi connectivity index (χ1v) is 6.78. The summed E-state index contributed by atoms with van der Waals surface area (Å²) < 4.78 is 24.1. The number of aromatic hydroxyl groups is 1. The van der Waals surface area contributed by atoms with E-state index in [1.807, 2.05) is 18.2 Å². The van der Waals surface area contributed by atoms with Crippen LogP contribution >= 0.6 is 0 Å². The van der Waals surface area contributed by atoms with Gasteiger partial charge in [0, 0.05) is 19.2 Å². The molecule has 0 saturated carbocycles. The van der Waals surface area contributed by atoms with E-state index in [1.165, 1.54) is 6.07 Å². The first kappa shape index (κ1) is 13.7. The predicted molar refractivity (Wildman–Crippen MR) is 76.0 cm³/mol. The fourth-order valence-corrected chi connectivity index (χ4v) is 2.28. The van der Waals surface area contributed by atoms with Crippen LogP contribution in [0.4, 0.5) is 4.39 Å². The number of nitrogens with one attached hydrogen (secondary N) is 1. The average Bonchev–Trinajstić information content (AvgIpc) is 2.46. The van der Waals surface area contributed by atoms with Crippen molar-refractivity contribution in [2.75, 3.05) is 13.2 Å². The Balaban J connectivity index is 1.60. The maximum absolute atomic E-state index is 13.1. The van der Waals surface area contributed by atoms with Crippen LogP contribution in [0.3, 0.4) is 0 Å². The molecular formula is C16H16FNO3. The zero-order chi connectivity index (χ0) is 14.7. The molecule has 0 spiro atoms. The highest BCUT2D eigenvalue weighted by atomic mass is 19.1. The quantitative estimate of drug-likeness (QED) is 0.908. The third-order valence-electron chi connectivity index (χ3n) is 3.21. The molecule has 0 bridgehead atoms. The van der Waals surface area contributed by atoms with Crippen molar-refractivity contribution in [1.82, 2.24) is 5.32 Å². The van der Waals surface area contributed by atoms with Crippen LogP contribution < -0.4 is 14.8 Å². The number of hydrogen-bond acceptors (Lipinski definition) is 4. The molecule has 0 atom stereocenters. The number of phenols is 1. The zero-order valence-corrected chi connectivity index (χ0v) is 11.4. The van der Waals surface area contributed by atoms with Crippen LogP contribution in [0.1, 0.15) is 11.1 Å². The molecule has 4 nitrogen and oxygen atoms in total. The summed E-state index contributed by atoms with van der Waals surface area (Å²) in [5, 5.41) is 12.5. The lowest BCUT2D eigenvalue weighted by Crippen LogP contribution is -2.16. The number of rotatable bonds is 4. The number of phenolic OH excluding ortho intramolecular Hbond substituents is 1. The van der Waals surface area contributed by atoms with Crippen LogP contribution in [-0.2, 0) is 13.1 Å². The second-order valence-electron chi connectivity index (χ2n) is 4.90. The second-order valence-corrected chi connectivity index (χ2v) is 4.90. The number of hydrogen-bond donors (Lipinski definition) is 2. The van der Waals surface area contributed by atoms with Crippen molar-refractivity contribution in [3.8, 4) is 17.2 Å². The lowest BCUT2D eigenvalue weighted by molar-refractivity contribution is 0.171. The van der Waals surface area contributed by atoms with Crippen molar-refractivity contribution in [3.63, 3.8) is 0 Å². The summed E-state index contributed by atoms with van der Waals surface area (Å²) in [5.74, 6) is 1.02. The lowest BCUT2D eigenvalue weighted by atomic mass is 10.1. The third kappa shape index (κ3) is 3.44. The maximum Gasteiger partial charge on any atom is 0.161 e. The first-order chi connectivity index (χ1) is 10.2. The molecule has 0 aliphatic carbocycles. The van der Waals surface area contributed by atoms with E-state index in [-0.39, 0.29) is 5.75 Å². The Morgan fingerprint density at radius 1 is 0.952 bits per heavy atom. The lowest BCUT2D eigenvalue weighted by Gasteiger charge is -2.19. The van der Waals surface area contributed by atoms with Gasteiger partial charge in [-0.2, -0.15) is 0 Å². The Labute approximate surface area is 122 Å². The molecule has 1 aliphatic rings. The van der Waals surface area contributed by atoms with Gasteiger partial charge in [-0.3, -0.25) is 0 Å². The van der Waals surface area contributed by atoms with Gasteiger partial charge in [0.2, 0.25) is 0 Å². The van der Waals surface area contributed by atoms with Gasteiger partial charge in [-0.15, -0.1) is 0 Å². The molecule has 2 aromatic carbocycles. The van der Waals surface area contributed by atoms with Crippen LogP contribution in [0.5, 0.6) is 17.2 Å². The van der Waals surface area contributed by atoms with Crippen molar-refractivity contribution in [1.29, 1.82) is 0 Å². The van der Waals surface area contributed by atoms with E-state index in [4.69, 9.17) is 9.47 Å². The molecular weight excluding hydrogens is 273 g/mol. The molecule has 110 valence electrons. The van der Waals surface area contributed by atoms with Gasteiger partial charge < -0.3 is 19.9 Å². The van der Waals surface area contributed by atoms with E-state index in [9.17, 15) is 9.50 Å². The van der Waals surface area contributed by atoms with Crippen LogP contribution in [0.15, 0.2) is 36.4 Å². The molecule has 2 aromatic rings. The van der Waals surface area contributed by atoms with Gasteiger partial charge in [0.05, 0.1) is 0 Å². The van der Waals surface area contributed by atoms with Crippen molar-refractivity contribution < 1.29 is 19.0 Å². The number of halogens is 1. The highest BCUT2D eigenvalue weighted by Crippen LogP contribution is 2.30. The SMILES string of the molecule is Oc1cc(F)cc(CNCc2ccc3c(c2)OCCO3)c1. The van der Waals surface area contributed by atoms with Crippen LogP contribution in [-0.4, -0.2) is 18.3 Å². The van der Waals surface area contributed by atoms with Gasteiger partial charge in [0.25, 0.3) is 0 Å². The van der Waals surface area contributed by atoms with Crippen molar-refractivity contribution in [2.45, 2.75) is 13.1 Å². The van der Waals surface area contributed by atoms with E-state index < -0.39 is 5.82 Å². The van der Waals surface area contributed by atoms with Gasteiger partial charge in [0.1, 0.15) is 24.8 Å². The Morgan fingerprint density at radius 3 is 2.52 bits per heavy atom. The number of ether oxygens (including phenoxy) is 2. The van der Waals surface area contributed by atoms with Crippen LogP contribution in [0.25, 0.3) is 0 Å². The van der Waals surface area contributed by atoms with Gasteiger partial charge in [-0.25, -0.2) is 4.39 Å². The second kappa shape index (κ2) is 6.01. The van der Waals surface area contributed by atoms with Gasteiger partial charge in [0.15, 0.2) is 11.5 Å². The monoisotopic (exact) mass is 289 g/mol. The molecule has 0 radical (unpaired) electrons. The normalized spacial score (nSPS) is 13.2. The Bertz CT molecular complexity index is 625. The molecule has 1 heterocycles. The molecule has 0 fully saturated rings. The average molecular weight is 289 g/mol. The highest BCUT2D eigenvalue weighted by Gasteiger charge is 2.11. The number of fused-ring (bicyclic) bond motifs is 1. The molecule has 0 saturated heterocycles.